The highest BCUT2D eigenvalue weighted by Crippen LogP contribution is 2.24. The first-order valence-electron chi connectivity index (χ1n) is 5.72. The molecule has 1 fully saturated rings. The van der Waals surface area contributed by atoms with E-state index in [-0.39, 0.29) is 24.6 Å². The maximum atomic E-state index is 11.6. The predicted molar refractivity (Wildman–Crippen MR) is 61.4 cm³/mol. The van der Waals surface area contributed by atoms with Gasteiger partial charge < -0.3 is 14.6 Å². The van der Waals surface area contributed by atoms with Crippen LogP contribution in [-0.2, 0) is 9.47 Å². The summed E-state index contributed by atoms with van der Waals surface area (Å²) in [7, 11) is 0. The molecule has 1 N–H and O–H groups in total. The summed E-state index contributed by atoms with van der Waals surface area (Å²) in [6.07, 6.45) is -0.230. The second-order valence-corrected chi connectivity index (χ2v) is 4.33. The lowest BCUT2D eigenvalue weighted by Crippen LogP contribution is -2.19. The minimum absolute atomic E-state index is 0.0930. The summed E-state index contributed by atoms with van der Waals surface area (Å²) in [6.45, 7) is 2.10. The van der Waals surface area contributed by atoms with E-state index in [1.54, 1.807) is 24.3 Å². The molecule has 1 aliphatic rings. The van der Waals surface area contributed by atoms with Crippen molar-refractivity contribution in [3.05, 3.63) is 35.9 Å². The van der Waals surface area contributed by atoms with Crippen LogP contribution in [0.25, 0.3) is 0 Å². The molecule has 4 nitrogen and oxygen atoms in total. The van der Waals surface area contributed by atoms with Crippen LogP contribution < -0.4 is 0 Å². The van der Waals surface area contributed by atoms with Gasteiger partial charge in [0.1, 0.15) is 6.61 Å². The van der Waals surface area contributed by atoms with Crippen molar-refractivity contribution in [1.29, 1.82) is 0 Å². The number of carbonyl (C=O) groups excluding carboxylic acids is 1. The number of aliphatic hydroxyl groups is 1. The van der Waals surface area contributed by atoms with Crippen molar-refractivity contribution in [2.75, 3.05) is 6.61 Å². The van der Waals surface area contributed by atoms with Crippen LogP contribution in [0, 0.1) is 5.92 Å². The number of carbonyl (C=O) groups is 1. The molecule has 1 aromatic carbocycles. The third kappa shape index (κ3) is 3.05. The van der Waals surface area contributed by atoms with Gasteiger partial charge in [0.05, 0.1) is 11.7 Å². The zero-order valence-corrected chi connectivity index (χ0v) is 9.70. The first-order valence-corrected chi connectivity index (χ1v) is 5.72. The summed E-state index contributed by atoms with van der Waals surface area (Å²) in [5.74, 6) is -0.265. The zero-order valence-electron chi connectivity index (χ0n) is 9.70. The second-order valence-electron chi connectivity index (χ2n) is 4.33. The Balaban J connectivity index is 1.81. The molecule has 1 aliphatic heterocycles. The summed E-state index contributed by atoms with van der Waals surface area (Å²) in [4.78, 5) is 11.6. The molecule has 1 aromatic rings. The third-order valence-corrected chi connectivity index (χ3v) is 2.86. The number of hydrogen-bond acceptors (Lipinski definition) is 4. The Morgan fingerprint density at radius 1 is 1.47 bits per heavy atom. The average Bonchev–Trinajstić information content (AvgIpc) is 2.67. The van der Waals surface area contributed by atoms with Crippen molar-refractivity contribution in [3.63, 3.8) is 0 Å². The molecule has 0 amide bonds. The number of esters is 1. The van der Waals surface area contributed by atoms with Crippen LogP contribution in [-0.4, -0.2) is 30.1 Å². The Hall–Kier alpha value is -1.39. The largest absolute Gasteiger partial charge is 0.459 e. The van der Waals surface area contributed by atoms with Gasteiger partial charge in [0.15, 0.2) is 6.29 Å². The molecule has 0 saturated carbocycles. The highest BCUT2D eigenvalue weighted by atomic mass is 16.6. The molecule has 3 atom stereocenters. The molecule has 0 radical (unpaired) electrons. The molecule has 0 bridgehead atoms. The van der Waals surface area contributed by atoms with Gasteiger partial charge in [-0.2, -0.15) is 0 Å². The van der Waals surface area contributed by atoms with Crippen LogP contribution in [0.15, 0.2) is 30.3 Å². The van der Waals surface area contributed by atoms with Gasteiger partial charge in [0, 0.05) is 5.92 Å². The maximum absolute atomic E-state index is 11.6. The molecule has 92 valence electrons. The molecule has 2 unspecified atom stereocenters. The van der Waals surface area contributed by atoms with Crippen LogP contribution in [0.2, 0.25) is 0 Å². The van der Waals surface area contributed by atoms with E-state index in [2.05, 4.69) is 0 Å². The summed E-state index contributed by atoms with van der Waals surface area (Å²) in [5.41, 5.74) is 0.527. The first-order chi connectivity index (χ1) is 8.16. The summed E-state index contributed by atoms with van der Waals surface area (Å²) >= 11 is 0. The monoisotopic (exact) mass is 236 g/mol. The number of rotatable bonds is 3. The fourth-order valence-electron chi connectivity index (χ4n) is 1.85. The van der Waals surface area contributed by atoms with E-state index in [0.717, 1.165) is 0 Å². The Morgan fingerprint density at radius 2 is 2.18 bits per heavy atom. The molecule has 0 aromatic heterocycles. The number of ether oxygens (including phenoxy) is 2. The van der Waals surface area contributed by atoms with E-state index in [1.807, 2.05) is 13.0 Å². The minimum Gasteiger partial charge on any atom is -0.459 e. The molecule has 17 heavy (non-hydrogen) atoms. The van der Waals surface area contributed by atoms with E-state index in [1.165, 1.54) is 0 Å². The van der Waals surface area contributed by atoms with E-state index in [9.17, 15) is 9.90 Å². The quantitative estimate of drug-likeness (QED) is 0.810. The van der Waals surface area contributed by atoms with Crippen molar-refractivity contribution in [2.24, 2.45) is 5.92 Å². The topological polar surface area (TPSA) is 55.8 Å². The Bertz CT molecular complexity index is 366. The Labute approximate surface area is 100 Å². The van der Waals surface area contributed by atoms with Crippen LogP contribution >= 0.6 is 0 Å². The lowest BCUT2D eigenvalue weighted by Gasteiger charge is -2.10. The maximum Gasteiger partial charge on any atom is 0.338 e. The lowest BCUT2D eigenvalue weighted by atomic mass is 10.1. The Kier molecular flexibility index (Phi) is 3.76. The van der Waals surface area contributed by atoms with Crippen LogP contribution in [0.4, 0.5) is 0 Å². The van der Waals surface area contributed by atoms with E-state index in [0.29, 0.717) is 12.0 Å². The number of benzene rings is 1. The fraction of sp³-hybridized carbons (Fsp3) is 0.462. The number of aliphatic hydroxyl groups excluding tert-OH is 1. The lowest BCUT2D eigenvalue weighted by molar-refractivity contribution is -0.115. The van der Waals surface area contributed by atoms with Crippen LogP contribution in [0.3, 0.4) is 0 Å². The van der Waals surface area contributed by atoms with Crippen LogP contribution in [0.5, 0.6) is 0 Å². The van der Waals surface area contributed by atoms with E-state index >= 15 is 0 Å². The summed E-state index contributed by atoms with van der Waals surface area (Å²) in [6, 6.07) is 8.82. The highest BCUT2D eigenvalue weighted by molar-refractivity contribution is 5.89. The van der Waals surface area contributed by atoms with Gasteiger partial charge in [0.2, 0.25) is 0 Å². The van der Waals surface area contributed by atoms with Gasteiger partial charge in [-0.15, -0.1) is 0 Å². The van der Waals surface area contributed by atoms with E-state index < -0.39 is 6.29 Å². The summed E-state index contributed by atoms with van der Waals surface area (Å²) < 4.78 is 10.4. The molecular formula is C13H16O4. The van der Waals surface area contributed by atoms with Crippen molar-refractivity contribution in [2.45, 2.75) is 25.7 Å². The van der Waals surface area contributed by atoms with Gasteiger partial charge in [-0.25, -0.2) is 4.79 Å². The van der Waals surface area contributed by atoms with Crippen molar-refractivity contribution < 1.29 is 19.4 Å². The molecular weight excluding hydrogens is 220 g/mol. The SMILES string of the molecule is CC1C[C@@H](COC(=O)c2ccccc2)OC1O. The molecule has 4 heteroatoms. The molecule has 2 rings (SSSR count). The third-order valence-electron chi connectivity index (χ3n) is 2.86. The molecule has 1 heterocycles. The zero-order chi connectivity index (χ0) is 12.3. The van der Waals surface area contributed by atoms with Crippen LogP contribution in [0.1, 0.15) is 23.7 Å². The van der Waals surface area contributed by atoms with Gasteiger partial charge in [-0.1, -0.05) is 25.1 Å². The molecule has 0 spiro atoms. The van der Waals surface area contributed by atoms with Crippen molar-refractivity contribution in [3.8, 4) is 0 Å². The van der Waals surface area contributed by atoms with Gasteiger partial charge >= 0.3 is 5.97 Å². The van der Waals surface area contributed by atoms with Gasteiger partial charge in [-0.05, 0) is 18.6 Å². The minimum atomic E-state index is -0.740. The molecule has 1 saturated heterocycles. The smallest absolute Gasteiger partial charge is 0.338 e. The van der Waals surface area contributed by atoms with E-state index in [4.69, 9.17) is 9.47 Å². The first kappa shape index (κ1) is 12.1. The van der Waals surface area contributed by atoms with Gasteiger partial charge in [0.25, 0.3) is 0 Å². The normalized spacial score (nSPS) is 28.0. The predicted octanol–water partition coefficient (Wildman–Crippen LogP) is 1.59. The highest BCUT2D eigenvalue weighted by Gasteiger charge is 2.31. The standard InChI is InChI=1S/C13H16O4/c1-9-7-11(17-12(9)14)8-16-13(15)10-5-3-2-4-6-10/h2-6,9,11-12,14H,7-8H2,1H3/t9?,11-,12?/m0/s1. The second kappa shape index (κ2) is 5.29. The van der Waals surface area contributed by atoms with Crippen molar-refractivity contribution in [1.82, 2.24) is 0 Å². The summed E-state index contributed by atoms with van der Waals surface area (Å²) in [5, 5.41) is 9.39. The van der Waals surface area contributed by atoms with Crippen molar-refractivity contribution >= 4 is 5.97 Å². The molecule has 0 aliphatic carbocycles. The van der Waals surface area contributed by atoms with Gasteiger partial charge in [-0.3, -0.25) is 0 Å². The number of hydrogen-bond donors (Lipinski definition) is 1. The fourth-order valence-corrected chi connectivity index (χ4v) is 1.85. The average molecular weight is 236 g/mol. The Morgan fingerprint density at radius 3 is 2.76 bits per heavy atom.